The van der Waals surface area contributed by atoms with E-state index >= 15 is 0 Å². The van der Waals surface area contributed by atoms with Gasteiger partial charge in [0.1, 0.15) is 23.2 Å². The lowest BCUT2D eigenvalue weighted by atomic mass is 10.2. The highest BCUT2D eigenvalue weighted by molar-refractivity contribution is 9.10. The fourth-order valence-electron chi connectivity index (χ4n) is 1.54. The van der Waals surface area contributed by atoms with Crippen LogP contribution >= 0.6 is 27.7 Å². The fraction of sp³-hybridized carbons (Fsp3) is 0.154. The minimum Gasteiger partial charge on any atom is -0.496 e. The summed E-state index contributed by atoms with van der Waals surface area (Å²) in [6.45, 7) is 0. The Bertz CT molecular complexity index is 672. The number of nitriles is 1. The zero-order valence-corrected chi connectivity index (χ0v) is 13.0. The van der Waals surface area contributed by atoms with Crippen molar-refractivity contribution in [3.8, 4) is 11.8 Å². The number of hydrogen-bond donors (Lipinski definition) is 1. The molecule has 0 aliphatic heterocycles. The molecule has 0 fully saturated rings. The molecule has 0 unspecified atom stereocenters. The summed E-state index contributed by atoms with van der Waals surface area (Å²) in [7, 11) is 1.63. The lowest BCUT2D eigenvalue weighted by molar-refractivity contribution is 0.411. The maximum Gasteiger partial charge on any atom is 0.189 e. The molecule has 0 aliphatic rings. The van der Waals surface area contributed by atoms with Gasteiger partial charge in [-0.05, 0) is 18.2 Å². The summed E-state index contributed by atoms with van der Waals surface area (Å²) in [6, 6.07) is 7.74. The quantitative estimate of drug-likeness (QED) is 0.673. The fourth-order valence-corrected chi connectivity index (χ4v) is 2.74. The van der Waals surface area contributed by atoms with Crippen molar-refractivity contribution in [2.45, 2.75) is 10.9 Å². The van der Waals surface area contributed by atoms with Crippen LogP contribution in [0.15, 0.2) is 34.0 Å². The third kappa shape index (κ3) is 3.40. The van der Waals surface area contributed by atoms with Gasteiger partial charge in [-0.3, -0.25) is 0 Å². The summed E-state index contributed by atoms with van der Waals surface area (Å²) in [5, 5.41) is 9.31. The molecule has 0 amide bonds. The van der Waals surface area contributed by atoms with Gasteiger partial charge in [0.25, 0.3) is 0 Å². The number of nitrogen functional groups attached to an aromatic ring is 1. The van der Waals surface area contributed by atoms with Crippen LogP contribution in [0.4, 0.5) is 5.82 Å². The van der Waals surface area contributed by atoms with Crippen LogP contribution in [0, 0.1) is 11.3 Å². The second kappa shape index (κ2) is 6.59. The van der Waals surface area contributed by atoms with Gasteiger partial charge >= 0.3 is 0 Å². The molecule has 102 valence electrons. The molecular formula is C13H11BrN4OS. The molecule has 0 atom stereocenters. The largest absolute Gasteiger partial charge is 0.496 e. The zero-order chi connectivity index (χ0) is 14.5. The van der Waals surface area contributed by atoms with Crippen molar-refractivity contribution in [1.82, 2.24) is 9.97 Å². The van der Waals surface area contributed by atoms with Crippen LogP contribution < -0.4 is 10.5 Å². The molecule has 2 N–H and O–H groups in total. The number of ether oxygens (including phenoxy) is 1. The monoisotopic (exact) mass is 350 g/mol. The van der Waals surface area contributed by atoms with Crippen molar-refractivity contribution in [3.05, 3.63) is 40.0 Å². The highest BCUT2D eigenvalue weighted by atomic mass is 79.9. The van der Waals surface area contributed by atoms with E-state index in [4.69, 9.17) is 15.7 Å². The SMILES string of the molecule is COc1ccc(Br)cc1CSc1ncc(C#N)c(N)n1. The summed E-state index contributed by atoms with van der Waals surface area (Å²) in [5.41, 5.74) is 6.97. The second-order valence-corrected chi connectivity index (χ2v) is 5.67. The first-order valence-corrected chi connectivity index (χ1v) is 7.39. The van der Waals surface area contributed by atoms with Crippen LogP contribution in [-0.4, -0.2) is 17.1 Å². The first kappa shape index (κ1) is 14.6. The lowest BCUT2D eigenvalue weighted by Crippen LogP contribution is -1.98. The molecule has 1 aromatic heterocycles. The molecular weight excluding hydrogens is 340 g/mol. The lowest BCUT2D eigenvalue weighted by Gasteiger charge is -2.08. The molecule has 7 heteroatoms. The summed E-state index contributed by atoms with van der Waals surface area (Å²) in [5.74, 6) is 1.65. The summed E-state index contributed by atoms with van der Waals surface area (Å²) in [6.07, 6.45) is 1.43. The molecule has 0 saturated carbocycles. The highest BCUT2D eigenvalue weighted by Gasteiger charge is 2.08. The van der Waals surface area contributed by atoms with E-state index in [1.807, 2.05) is 24.3 Å². The molecule has 0 radical (unpaired) electrons. The van der Waals surface area contributed by atoms with E-state index in [2.05, 4.69) is 25.9 Å². The molecule has 2 aromatic rings. The van der Waals surface area contributed by atoms with E-state index in [0.717, 1.165) is 15.8 Å². The molecule has 5 nitrogen and oxygen atoms in total. The van der Waals surface area contributed by atoms with Crippen molar-refractivity contribution < 1.29 is 4.74 Å². The van der Waals surface area contributed by atoms with E-state index in [0.29, 0.717) is 10.9 Å². The molecule has 2 rings (SSSR count). The Kier molecular flexibility index (Phi) is 4.82. The van der Waals surface area contributed by atoms with Crippen molar-refractivity contribution in [3.63, 3.8) is 0 Å². The molecule has 0 bridgehead atoms. The van der Waals surface area contributed by atoms with Gasteiger partial charge in [0.05, 0.1) is 13.3 Å². The van der Waals surface area contributed by atoms with E-state index in [1.165, 1.54) is 18.0 Å². The van der Waals surface area contributed by atoms with Crippen molar-refractivity contribution in [1.29, 1.82) is 5.26 Å². The Morgan fingerprint density at radius 1 is 1.50 bits per heavy atom. The number of thioether (sulfide) groups is 1. The number of methoxy groups -OCH3 is 1. The first-order chi connectivity index (χ1) is 9.63. The maximum atomic E-state index is 8.78. The Morgan fingerprint density at radius 2 is 2.30 bits per heavy atom. The van der Waals surface area contributed by atoms with Crippen LogP contribution in [0.1, 0.15) is 11.1 Å². The number of aromatic nitrogens is 2. The molecule has 0 saturated heterocycles. The van der Waals surface area contributed by atoms with Crippen LogP contribution in [-0.2, 0) is 5.75 Å². The summed E-state index contributed by atoms with van der Waals surface area (Å²) < 4.78 is 6.29. The van der Waals surface area contributed by atoms with E-state index < -0.39 is 0 Å². The number of nitrogens with two attached hydrogens (primary N) is 1. The summed E-state index contributed by atoms with van der Waals surface area (Å²) >= 11 is 4.86. The van der Waals surface area contributed by atoms with Crippen molar-refractivity contribution in [2.75, 3.05) is 12.8 Å². The average molecular weight is 351 g/mol. The Balaban J connectivity index is 2.15. The van der Waals surface area contributed by atoms with Gasteiger partial charge in [-0.2, -0.15) is 5.26 Å². The molecule has 20 heavy (non-hydrogen) atoms. The van der Waals surface area contributed by atoms with Crippen LogP contribution in [0.2, 0.25) is 0 Å². The minimum atomic E-state index is 0.200. The minimum absolute atomic E-state index is 0.200. The van der Waals surface area contributed by atoms with Gasteiger partial charge in [-0.1, -0.05) is 27.7 Å². The number of benzene rings is 1. The van der Waals surface area contributed by atoms with E-state index in [1.54, 1.807) is 7.11 Å². The third-order valence-corrected chi connectivity index (χ3v) is 3.92. The smallest absolute Gasteiger partial charge is 0.189 e. The van der Waals surface area contributed by atoms with Crippen LogP contribution in [0.5, 0.6) is 5.75 Å². The average Bonchev–Trinajstić information content (AvgIpc) is 2.45. The van der Waals surface area contributed by atoms with Crippen molar-refractivity contribution >= 4 is 33.5 Å². The normalized spacial score (nSPS) is 10.1. The standard InChI is InChI=1S/C13H11BrN4OS/c1-19-11-3-2-10(14)4-8(11)7-20-13-17-6-9(5-15)12(16)18-13/h2-4,6H,7H2,1H3,(H2,16,17,18). The molecule has 0 aliphatic carbocycles. The molecule has 1 heterocycles. The first-order valence-electron chi connectivity index (χ1n) is 5.62. The van der Waals surface area contributed by atoms with Gasteiger partial charge in [-0.25, -0.2) is 9.97 Å². The summed E-state index contributed by atoms with van der Waals surface area (Å²) in [4.78, 5) is 8.19. The highest BCUT2D eigenvalue weighted by Crippen LogP contribution is 2.29. The van der Waals surface area contributed by atoms with Gasteiger partial charge in [0, 0.05) is 15.8 Å². The predicted molar refractivity (Wildman–Crippen MR) is 81.4 cm³/mol. The number of halogens is 1. The van der Waals surface area contributed by atoms with Crippen molar-refractivity contribution in [2.24, 2.45) is 0 Å². The number of hydrogen-bond acceptors (Lipinski definition) is 6. The second-order valence-electron chi connectivity index (χ2n) is 3.81. The van der Waals surface area contributed by atoms with E-state index in [9.17, 15) is 0 Å². The van der Waals surface area contributed by atoms with Gasteiger partial charge in [-0.15, -0.1) is 0 Å². The molecule has 1 aromatic carbocycles. The Labute approximate surface area is 129 Å². The number of rotatable bonds is 4. The Hall–Kier alpha value is -1.78. The van der Waals surface area contributed by atoms with Crippen LogP contribution in [0.25, 0.3) is 0 Å². The van der Waals surface area contributed by atoms with Crippen LogP contribution in [0.3, 0.4) is 0 Å². The zero-order valence-electron chi connectivity index (χ0n) is 10.6. The van der Waals surface area contributed by atoms with Gasteiger partial charge in [0.2, 0.25) is 0 Å². The molecule has 0 spiro atoms. The number of anilines is 1. The van der Waals surface area contributed by atoms with E-state index in [-0.39, 0.29) is 11.4 Å². The van der Waals surface area contributed by atoms with Gasteiger partial charge < -0.3 is 10.5 Å². The third-order valence-electron chi connectivity index (χ3n) is 2.52. The predicted octanol–water partition coefficient (Wildman–Crippen LogP) is 2.99. The number of nitrogens with zero attached hydrogens (tertiary/aromatic N) is 3. The topological polar surface area (TPSA) is 84.8 Å². The van der Waals surface area contributed by atoms with Gasteiger partial charge in [0.15, 0.2) is 5.16 Å². The Morgan fingerprint density at radius 3 is 2.95 bits per heavy atom. The maximum absolute atomic E-state index is 8.78.